The topological polar surface area (TPSA) is 58.6 Å². The number of methoxy groups -OCH3 is 1. The van der Waals surface area contributed by atoms with Crippen molar-refractivity contribution in [3.05, 3.63) is 29.8 Å². The summed E-state index contributed by atoms with van der Waals surface area (Å²) in [5, 5.41) is 2.78. The Kier molecular flexibility index (Phi) is 6.73. The summed E-state index contributed by atoms with van der Waals surface area (Å²) in [6.07, 6.45) is 0.962. The molecule has 20 heavy (non-hydrogen) atoms. The van der Waals surface area contributed by atoms with E-state index in [1.807, 2.05) is 24.3 Å². The van der Waals surface area contributed by atoms with Crippen LogP contribution >= 0.6 is 0 Å². The summed E-state index contributed by atoms with van der Waals surface area (Å²) < 4.78 is 4.92. The lowest BCUT2D eigenvalue weighted by molar-refractivity contribution is -0.133. The highest BCUT2D eigenvalue weighted by molar-refractivity contribution is 5.94. The SMILES string of the molecule is CCc1ccc(NC(=O)CN(CCOC)C(C)=O)cc1. The molecule has 0 aliphatic rings. The summed E-state index contributed by atoms with van der Waals surface area (Å²) in [6.45, 7) is 4.38. The molecular formula is C15H22N2O3. The molecule has 0 saturated heterocycles. The summed E-state index contributed by atoms with van der Waals surface area (Å²) in [4.78, 5) is 24.8. The molecule has 5 nitrogen and oxygen atoms in total. The maximum atomic E-state index is 11.9. The van der Waals surface area contributed by atoms with Gasteiger partial charge in [0.1, 0.15) is 0 Å². The number of amides is 2. The van der Waals surface area contributed by atoms with Gasteiger partial charge in [0.25, 0.3) is 0 Å². The summed E-state index contributed by atoms with van der Waals surface area (Å²) in [7, 11) is 1.56. The molecule has 0 radical (unpaired) electrons. The molecule has 1 rings (SSSR count). The van der Waals surface area contributed by atoms with Gasteiger partial charge in [-0.05, 0) is 24.1 Å². The van der Waals surface area contributed by atoms with E-state index in [9.17, 15) is 9.59 Å². The summed E-state index contributed by atoms with van der Waals surface area (Å²) in [5.74, 6) is -0.348. The van der Waals surface area contributed by atoms with Crippen LogP contribution in [0.4, 0.5) is 5.69 Å². The molecule has 5 heteroatoms. The number of benzene rings is 1. The van der Waals surface area contributed by atoms with Gasteiger partial charge < -0.3 is 15.0 Å². The Hall–Kier alpha value is -1.88. The molecule has 2 amide bonds. The number of nitrogens with one attached hydrogen (secondary N) is 1. The first-order valence-corrected chi connectivity index (χ1v) is 6.70. The highest BCUT2D eigenvalue weighted by Crippen LogP contribution is 2.09. The summed E-state index contributed by atoms with van der Waals surface area (Å²) in [6, 6.07) is 7.68. The van der Waals surface area contributed by atoms with Crippen LogP contribution in [-0.2, 0) is 20.7 Å². The molecule has 0 bridgehead atoms. The predicted octanol–water partition coefficient (Wildman–Crippen LogP) is 1.68. The second-order valence-corrected chi connectivity index (χ2v) is 4.53. The number of carbonyl (C=O) groups excluding carboxylic acids is 2. The van der Waals surface area contributed by atoms with E-state index < -0.39 is 0 Å². The standard InChI is InChI=1S/C15H22N2O3/c1-4-13-5-7-14(8-6-13)16-15(19)11-17(12(2)18)9-10-20-3/h5-8H,4,9-11H2,1-3H3,(H,16,19). The number of anilines is 1. The van der Waals surface area contributed by atoms with Crippen LogP contribution in [0.25, 0.3) is 0 Å². The molecular weight excluding hydrogens is 256 g/mol. The largest absolute Gasteiger partial charge is 0.383 e. The molecule has 1 aromatic carbocycles. The molecule has 1 aromatic rings. The Morgan fingerprint density at radius 2 is 1.90 bits per heavy atom. The highest BCUT2D eigenvalue weighted by Gasteiger charge is 2.13. The van der Waals surface area contributed by atoms with Crippen LogP contribution in [0.15, 0.2) is 24.3 Å². The maximum absolute atomic E-state index is 11.9. The number of aryl methyl sites for hydroxylation is 1. The van der Waals surface area contributed by atoms with Crippen molar-refractivity contribution < 1.29 is 14.3 Å². The van der Waals surface area contributed by atoms with Crippen molar-refractivity contribution >= 4 is 17.5 Å². The van der Waals surface area contributed by atoms with Crippen LogP contribution < -0.4 is 5.32 Å². The first kappa shape index (κ1) is 16.2. The maximum Gasteiger partial charge on any atom is 0.243 e. The van der Waals surface area contributed by atoms with Gasteiger partial charge in [0.05, 0.1) is 13.2 Å². The van der Waals surface area contributed by atoms with Gasteiger partial charge in [-0.1, -0.05) is 19.1 Å². The third-order valence-corrected chi connectivity index (χ3v) is 2.99. The Labute approximate surface area is 119 Å². The Bertz CT molecular complexity index is 443. The molecule has 0 atom stereocenters. The number of ether oxygens (including phenoxy) is 1. The zero-order chi connectivity index (χ0) is 15.0. The van der Waals surface area contributed by atoms with Crippen LogP contribution in [-0.4, -0.2) is 43.5 Å². The fourth-order valence-corrected chi connectivity index (χ4v) is 1.75. The Balaban J connectivity index is 2.53. The van der Waals surface area contributed by atoms with Crippen molar-refractivity contribution in [1.82, 2.24) is 4.90 Å². The van der Waals surface area contributed by atoms with Gasteiger partial charge in [0.15, 0.2) is 0 Å². The Morgan fingerprint density at radius 1 is 1.25 bits per heavy atom. The number of rotatable bonds is 7. The molecule has 0 aromatic heterocycles. The van der Waals surface area contributed by atoms with Crippen molar-refractivity contribution in [3.63, 3.8) is 0 Å². The van der Waals surface area contributed by atoms with Crippen molar-refractivity contribution in [2.75, 3.05) is 32.1 Å². The summed E-state index contributed by atoms with van der Waals surface area (Å²) in [5.41, 5.74) is 1.95. The van der Waals surface area contributed by atoms with E-state index >= 15 is 0 Å². The van der Waals surface area contributed by atoms with E-state index in [2.05, 4.69) is 12.2 Å². The minimum absolute atomic E-state index is 0.0359. The van der Waals surface area contributed by atoms with E-state index in [1.165, 1.54) is 17.4 Å². The van der Waals surface area contributed by atoms with Gasteiger partial charge in [-0.2, -0.15) is 0 Å². The Morgan fingerprint density at radius 3 is 2.40 bits per heavy atom. The lowest BCUT2D eigenvalue weighted by Crippen LogP contribution is -2.38. The third kappa shape index (κ3) is 5.40. The monoisotopic (exact) mass is 278 g/mol. The fourth-order valence-electron chi connectivity index (χ4n) is 1.75. The van der Waals surface area contributed by atoms with Crippen molar-refractivity contribution in [2.45, 2.75) is 20.3 Å². The average Bonchev–Trinajstić information content (AvgIpc) is 2.44. The third-order valence-electron chi connectivity index (χ3n) is 2.99. The highest BCUT2D eigenvalue weighted by atomic mass is 16.5. The van der Waals surface area contributed by atoms with Crippen molar-refractivity contribution in [1.29, 1.82) is 0 Å². The first-order valence-electron chi connectivity index (χ1n) is 6.70. The molecule has 0 spiro atoms. The van der Waals surface area contributed by atoms with Gasteiger partial charge in [-0.25, -0.2) is 0 Å². The lowest BCUT2D eigenvalue weighted by atomic mass is 10.1. The van der Waals surface area contributed by atoms with Gasteiger partial charge in [0.2, 0.25) is 11.8 Å². The molecule has 110 valence electrons. The molecule has 0 saturated carbocycles. The second kappa shape index (κ2) is 8.32. The first-order chi connectivity index (χ1) is 9.56. The van der Waals surface area contributed by atoms with Gasteiger partial charge in [-0.15, -0.1) is 0 Å². The van der Waals surface area contributed by atoms with Crippen LogP contribution in [0.5, 0.6) is 0 Å². The average molecular weight is 278 g/mol. The van der Waals surface area contributed by atoms with Gasteiger partial charge >= 0.3 is 0 Å². The van der Waals surface area contributed by atoms with Gasteiger partial charge in [0, 0.05) is 26.3 Å². The van der Waals surface area contributed by atoms with Crippen LogP contribution in [0, 0.1) is 0 Å². The quantitative estimate of drug-likeness (QED) is 0.825. The van der Waals surface area contributed by atoms with E-state index in [-0.39, 0.29) is 18.4 Å². The lowest BCUT2D eigenvalue weighted by Gasteiger charge is -2.20. The number of carbonyl (C=O) groups is 2. The summed E-state index contributed by atoms with van der Waals surface area (Å²) >= 11 is 0. The predicted molar refractivity (Wildman–Crippen MR) is 78.6 cm³/mol. The zero-order valence-electron chi connectivity index (χ0n) is 12.3. The number of hydrogen-bond acceptors (Lipinski definition) is 3. The molecule has 0 fully saturated rings. The van der Waals surface area contributed by atoms with E-state index in [1.54, 1.807) is 7.11 Å². The molecule has 0 unspecified atom stereocenters. The second-order valence-electron chi connectivity index (χ2n) is 4.53. The molecule has 0 heterocycles. The molecule has 0 aliphatic carbocycles. The van der Waals surface area contributed by atoms with E-state index in [4.69, 9.17) is 4.74 Å². The van der Waals surface area contributed by atoms with Crippen molar-refractivity contribution in [3.8, 4) is 0 Å². The van der Waals surface area contributed by atoms with E-state index in [0.717, 1.165) is 12.1 Å². The minimum atomic E-state index is -0.208. The smallest absolute Gasteiger partial charge is 0.243 e. The van der Waals surface area contributed by atoms with Crippen LogP contribution in [0.1, 0.15) is 19.4 Å². The molecule has 0 aliphatic heterocycles. The fraction of sp³-hybridized carbons (Fsp3) is 0.467. The molecule has 1 N–H and O–H groups in total. The minimum Gasteiger partial charge on any atom is -0.383 e. The number of hydrogen-bond donors (Lipinski definition) is 1. The van der Waals surface area contributed by atoms with E-state index in [0.29, 0.717) is 13.2 Å². The van der Waals surface area contributed by atoms with Crippen molar-refractivity contribution in [2.24, 2.45) is 0 Å². The zero-order valence-corrected chi connectivity index (χ0v) is 12.3. The normalized spacial score (nSPS) is 10.2. The van der Waals surface area contributed by atoms with Gasteiger partial charge in [-0.3, -0.25) is 9.59 Å². The van der Waals surface area contributed by atoms with Crippen LogP contribution in [0.2, 0.25) is 0 Å². The van der Waals surface area contributed by atoms with Crippen LogP contribution in [0.3, 0.4) is 0 Å². The number of nitrogens with zero attached hydrogens (tertiary/aromatic N) is 1.